The SMILES string of the molecule is CCCCCCCCCCCCCCCCCCCC(=O)O[C@H](COC(=O)CCCCCCCCCCCCC)COP(=O)(O)OC[C@H](O)COP(=O)(O)OC[C@@H](COC(=O)CCCCCCCCCCCCCCCCCC(C)C)OC(=O)CCCCCCCCCCCCCCCCCCCCC(C)C. The molecule has 19 heteroatoms. The summed E-state index contributed by atoms with van der Waals surface area (Å²) >= 11 is 0. The fourth-order valence-electron chi connectivity index (χ4n) is 13.8. The Labute approximate surface area is 658 Å². The molecule has 0 aromatic heterocycles. The van der Waals surface area contributed by atoms with E-state index < -0.39 is 97.5 Å². The van der Waals surface area contributed by atoms with Gasteiger partial charge < -0.3 is 33.8 Å². The van der Waals surface area contributed by atoms with Gasteiger partial charge in [-0.1, -0.05) is 420 Å². The van der Waals surface area contributed by atoms with Gasteiger partial charge in [0.1, 0.15) is 19.3 Å². The third-order valence-corrected chi connectivity index (χ3v) is 22.6. The predicted molar refractivity (Wildman–Crippen MR) is 442 cm³/mol. The van der Waals surface area contributed by atoms with Crippen LogP contribution in [-0.4, -0.2) is 96.7 Å². The van der Waals surface area contributed by atoms with Crippen molar-refractivity contribution in [2.45, 2.75) is 490 Å². The molecule has 17 nitrogen and oxygen atoms in total. The summed E-state index contributed by atoms with van der Waals surface area (Å²) in [6.07, 6.45) is 72.1. The molecule has 0 aromatic carbocycles. The van der Waals surface area contributed by atoms with Crippen LogP contribution in [0.1, 0.15) is 472 Å². The first-order valence-electron chi connectivity index (χ1n) is 45.5. The van der Waals surface area contributed by atoms with Gasteiger partial charge >= 0.3 is 39.5 Å². The molecule has 3 N–H and O–H groups in total. The standard InChI is InChI=1S/C88H172O17P2/c1-7-9-11-13-15-17-19-20-21-24-30-36-42-48-54-60-66-72-87(92)104-83(76-98-85(90)70-64-58-52-46-38-18-16-14-12-10-8-2)78-102-106(94,95)100-74-82(89)75-101-107(96,97)103-79-84(77-99-86(91)71-65-59-53-47-41-35-32-27-29-34-40-45-51-57-63-69-81(5)6)105-88(93)73-67-61-55-49-43-37-31-26-23-22-25-28-33-39-44-50-56-62-68-80(3)4/h80-84,89H,7-79H2,1-6H3,(H,94,95)(H,96,97)/t82-,83+,84+/m0/s1. The highest BCUT2D eigenvalue weighted by atomic mass is 31.2. The smallest absolute Gasteiger partial charge is 0.462 e. The van der Waals surface area contributed by atoms with E-state index in [4.69, 9.17) is 37.0 Å². The first-order valence-corrected chi connectivity index (χ1v) is 48.5. The van der Waals surface area contributed by atoms with E-state index in [1.165, 1.54) is 289 Å². The normalized spacial score (nSPS) is 13.8. The Morgan fingerprint density at radius 2 is 0.430 bits per heavy atom. The Hall–Kier alpha value is -1.94. The van der Waals surface area contributed by atoms with Crippen LogP contribution in [0, 0.1) is 11.8 Å². The molecule has 107 heavy (non-hydrogen) atoms. The van der Waals surface area contributed by atoms with E-state index >= 15 is 0 Å². The molecular weight excluding hydrogens is 1390 g/mol. The minimum Gasteiger partial charge on any atom is -0.462 e. The summed E-state index contributed by atoms with van der Waals surface area (Å²) in [7, 11) is -9.93. The van der Waals surface area contributed by atoms with Crippen molar-refractivity contribution in [1.82, 2.24) is 0 Å². The highest BCUT2D eigenvalue weighted by Crippen LogP contribution is 2.45. The van der Waals surface area contributed by atoms with Crippen LogP contribution in [-0.2, 0) is 65.4 Å². The van der Waals surface area contributed by atoms with E-state index in [2.05, 4.69) is 41.5 Å². The number of phosphoric acid groups is 2. The van der Waals surface area contributed by atoms with E-state index in [1.807, 2.05) is 0 Å². The van der Waals surface area contributed by atoms with Crippen molar-refractivity contribution in [2.75, 3.05) is 39.6 Å². The Morgan fingerprint density at radius 1 is 0.252 bits per heavy atom. The van der Waals surface area contributed by atoms with Gasteiger partial charge in [0.15, 0.2) is 12.2 Å². The molecule has 636 valence electrons. The maximum absolute atomic E-state index is 13.2. The molecular formula is C88H172O17P2. The van der Waals surface area contributed by atoms with Crippen LogP contribution in [0.25, 0.3) is 0 Å². The molecule has 0 spiro atoms. The lowest BCUT2D eigenvalue weighted by Crippen LogP contribution is -2.30. The highest BCUT2D eigenvalue weighted by Gasteiger charge is 2.30. The van der Waals surface area contributed by atoms with E-state index in [1.54, 1.807) is 0 Å². The van der Waals surface area contributed by atoms with Crippen LogP contribution in [0.3, 0.4) is 0 Å². The number of esters is 4. The lowest BCUT2D eigenvalue weighted by molar-refractivity contribution is -0.161. The number of carbonyl (C=O) groups excluding carboxylic acids is 4. The summed E-state index contributed by atoms with van der Waals surface area (Å²) in [5, 5.41) is 10.7. The zero-order valence-corrected chi connectivity index (χ0v) is 72.2. The topological polar surface area (TPSA) is 237 Å². The Bertz CT molecular complexity index is 2050. The second-order valence-corrected chi connectivity index (χ2v) is 35.5. The lowest BCUT2D eigenvalue weighted by atomic mass is 10.0. The van der Waals surface area contributed by atoms with E-state index in [-0.39, 0.29) is 25.7 Å². The zero-order chi connectivity index (χ0) is 78.5. The molecule has 0 radical (unpaired) electrons. The van der Waals surface area contributed by atoms with Gasteiger partial charge in [0.25, 0.3) is 0 Å². The molecule has 2 unspecified atom stereocenters. The predicted octanol–water partition coefficient (Wildman–Crippen LogP) is 27.0. The molecule has 0 fully saturated rings. The minimum absolute atomic E-state index is 0.109. The maximum atomic E-state index is 13.2. The largest absolute Gasteiger partial charge is 0.472 e. The number of hydrogen-bond acceptors (Lipinski definition) is 15. The Kier molecular flexibility index (Phi) is 77.9. The van der Waals surface area contributed by atoms with E-state index in [9.17, 15) is 43.2 Å². The van der Waals surface area contributed by atoms with Gasteiger partial charge in [-0.3, -0.25) is 37.3 Å². The zero-order valence-electron chi connectivity index (χ0n) is 70.5. The summed E-state index contributed by atoms with van der Waals surface area (Å²) in [6, 6.07) is 0. The molecule has 0 rings (SSSR count). The Morgan fingerprint density at radius 3 is 0.636 bits per heavy atom. The van der Waals surface area contributed by atoms with Crippen LogP contribution in [0.4, 0.5) is 0 Å². The van der Waals surface area contributed by atoms with E-state index in [0.29, 0.717) is 25.7 Å². The molecule has 0 aliphatic rings. The van der Waals surface area contributed by atoms with Gasteiger partial charge in [0.2, 0.25) is 0 Å². The number of aliphatic hydroxyl groups is 1. The summed E-state index contributed by atoms with van der Waals surface area (Å²) in [5.41, 5.74) is 0. The Balaban J connectivity index is 5.24. The first kappa shape index (κ1) is 105. The van der Waals surface area contributed by atoms with Crippen LogP contribution in [0.5, 0.6) is 0 Å². The van der Waals surface area contributed by atoms with Crippen molar-refractivity contribution in [1.29, 1.82) is 0 Å². The third-order valence-electron chi connectivity index (χ3n) is 20.7. The average Bonchev–Trinajstić information content (AvgIpc) is 0.907. The van der Waals surface area contributed by atoms with Crippen LogP contribution < -0.4 is 0 Å². The van der Waals surface area contributed by atoms with Gasteiger partial charge in [0.05, 0.1) is 26.4 Å². The summed E-state index contributed by atoms with van der Waals surface area (Å²) in [4.78, 5) is 73.3. The molecule has 5 atom stereocenters. The van der Waals surface area contributed by atoms with Crippen molar-refractivity contribution >= 4 is 39.5 Å². The van der Waals surface area contributed by atoms with Gasteiger partial charge in [-0.25, -0.2) is 9.13 Å². The second kappa shape index (κ2) is 79.3. The van der Waals surface area contributed by atoms with Crippen LogP contribution in [0.2, 0.25) is 0 Å². The van der Waals surface area contributed by atoms with Crippen molar-refractivity contribution < 1.29 is 80.2 Å². The average molecular weight is 1560 g/mol. The van der Waals surface area contributed by atoms with Gasteiger partial charge in [0, 0.05) is 25.7 Å². The van der Waals surface area contributed by atoms with Crippen molar-refractivity contribution in [3.63, 3.8) is 0 Å². The number of aliphatic hydroxyl groups excluding tert-OH is 1. The quantitative estimate of drug-likeness (QED) is 0.0222. The number of phosphoric ester groups is 2. The monoisotopic (exact) mass is 1560 g/mol. The fraction of sp³-hybridized carbons (Fsp3) is 0.955. The summed E-state index contributed by atoms with van der Waals surface area (Å²) in [6.45, 7) is 9.75. The van der Waals surface area contributed by atoms with Crippen molar-refractivity contribution in [3.05, 3.63) is 0 Å². The second-order valence-electron chi connectivity index (χ2n) is 32.6. The van der Waals surface area contributed by atoms with Crippen molar-refractivity contribution in [2.24, 2.45) is 11.8 Å². The van der Waals surface area contributed by atoms with Gasteiger partial charge in [-0.15, -0.1) is 0 Å². The van der Waals surface area contributed by atoms with Gasteiger partial charge in [-0.2, -0.15) is 0 Å². The third kappa shape index (κ3) is 81.9. The molecule has 0 aromatic rings. The lowest BCUT2D eigenvalue weighted by Gasteiger charge is -2.21. The summed E-state index contributed by atoms with van der Waals surface area (Å²) < 4.78 is 69.0. The molecule has 0 aliphatic carbocycles. The number of hydrogen-bond donors (Lipinski definition) is 3. The number of carbonyl (C=O) groups is 4. The first-order chi connectivity index (χ1) is 51.9. The number of unbranched alkanes of at least 4 members (excludes halogenated alkanes) is 57. The molecule has 0 amide bonds. The molecule has 0 saturated heterocycles. The summed E-state index contributed by atoms with van der Waals surface area (Å²) in [5.74, 6) is -0.471. The molecule has 0 bridgehead atoms. The van der Waals surface area contributed by atoms with E-state index in [0.717, 1.165) is 102 Å². The molecule has 0 aliphatic heterocycles. The molecule has 0 heterocycles. The van der Waals surface area contributed by atoms with Crippen LogP contribution >= 0.6 is 15.6 Å². The number of rotatable bonds is 87. The maximum Gasteiger partial charge on any atom is 0.472 e. The molecule has 0 saturated carbocycles. The minimum atomic E-state index is -4.97. The van der Waals surface area contributed by atoms with Crippen molar-refractivity contribution in [3.8, 4) is 0 Å². The van der Waals surface area contributed by atoms with Crippen LogP contribution in [0.15, 0.2) is 0 Å². The highest BCUT2D eigenvalue weighted by molar-refractivity contribution is 7.47. The number of ether oxygens (including phenoxy) is 4. The van der Waals surface area contributed by atoms with Gasteiger partial charge in [-0.05, 0) is 37.5 Å². The fourth-order valence-corrected chi connectivity index (χ4v) is 15.4.